The molecule has 2 aromatic heterocycles. The average molecular weight is 336 g/mol. The van der Waals surface area contributed by atoms with E-state index in [2.05, 4.69) is 20.5 Å². The molecule has 0 bridgehead atoms. The molecule has 3 aromatic rings. The van der Waals surface area contributed by atoms with Gasteiger partial charge in [-0.05, 0) is 37.0 Å². The zero-order chi connectivity index (χ0) is 17.1. The Hall–Kier alpha value is -2.89. The van der Waals surface area contributed by atoms with Crippen molar-refractivity contribution in [2.75, 3.05) is 0 Å². The Morgan fingerprint density at radius 3 is 3.12 bits per heavy atom. The lowest BCUT2D eigenvalue weighted by Gasteiger charge is -2.21. The molecule has 0 aliphatic heterocycles. The molecule has 2 heterocycles. The molecule has 2 N–H and O–H groups in total. The highest BCUT2D eigenvalue weighted by atomic mass is 16.5. The molecule has 0 unspecified atom stereocenters. The van der Waals surface area contributed by atoms with Crippen LogP contribution in [0.25, 0.3) is 10.9 Å². The molecular formula is C19H20N4O2. The van der Waals surface area contributed by atoms with Crippen molar-refractivity contribution in [3.05, 3.63) is 54.5 Å². The van der Waals surface area contributed by atoms with Gasteiger partial charge in [-0.2, -0.15) is 5.10 Å². The molecule has 6 heteroatoms. The molecule has 1 aromatic carbocycles. The van der Waals surface area contributed by atoms with Crippen LogP contribution in [-0.2, 0) is 11.2 Å². The highest BCUT2D eigenvalue weighted by Crippen LogP contribution is 2.24. The van der Waals surface area contributed by atoms with Gasteiger partial charge in [0.2, 0.25) is 5.91 Å². The summed E-state index contributed by atoms with van der Waals surface area (Å²) in [5.41, 5.74) is 1.91. The van der Waals surface area contributed by atoms with Crippen LogP contribution >= 0.6 is 0 Å². The fraction of sp³-hybridized carbons (Fsp3) is 0.316. The van der Waals surface area contributed by atoms with Gasteiger partial charge in [-0.15, -0.1) is 0 Å². The predicted octanol–water partition coefficient (Wildman–Crippen LogP) is 2.62. The van der Waals surface area contributed by atoms with Gasteiger partial charge in [-0.1, -0.05) is 18.2 Å². The Labute approximate surface area is 145 Å². The summed E-state index contributed by atoms with van der Waals surface area (Å²) >= 11 is 0. The van der Waals surface area contributed by atoms with Gasteiger partial charge < -0.3 is 10.1 Å². The number of ether oxygens (including phenoxy) is 1. The molecule has 4 rings (SSSR count). The van der Waals surface area contributed by atoms with Gasteiger partial charge in [0.05, 0.1) is 30.4 Å². The van der Waals surface area contributed by atoms with Crippen LogP contribution in [-0.4, -0.2) is 33.2 Å². The van der Waals surface area contributed by atoms with Gasteiger partial charge in [0.15, 0.2) is 5.75 Å². The highest BCUT2D eigenvalue weighted by molar-refractivity contribution is 5.88. The Balaban J connectivity index is 1.42. The van der Waals surface area contributed by atoms with Crippen molar-refractivity contribution in [1.29, 1.82) is 0 Å². The number of aromatic nitrogens is 3. The lowest BCUT2D eigenvalue weighted by molar-refractivity contribution is -0.121. The van der Waals surface area contributed by atoms with E-state index in [0.29, 0.717) is 12.2 Å². The van der Waals surface area contributed by atoms with Gasteiger partial charge in [0, 0.05) is 11.6 Å². The van der Waals surface area contributed by atoms with Crippen LogP contribution in [0.1, 0.15) is 24.8 Å². The van der Waals surface area contributed by atoms with E-state index in [1.54, 1.807) is 18.6 Å². The SMILES string of the molecule is O=C(Cc1cccc2ncccc12)N[C@@H]1CCC[C@@H]1Oc1cn[nH]c1. The van der Waals surface area contributed by atoms with E-state index in [4.69, 9.17) is 4.74 Å². The van der Waals surface area contributed by atoms with Crippen molar-refractivity contribution >= 4 is 16.8 Å². The topological polar surface area (TPSA) is 79.9 Å². The summed E-state index contributed by atoms with van der Waals surface area (Å²) in [6.45, 7) is 0. The fourth-order valence-electron chi connectivity index (χ4n) is 3.46. The van der Waals surface area contributed by atoms with Gasteiger partial charge in [-0.25, -0.2) is 0 Å². The number of nitrogens with one attached hydrogen (secondary N) is 2. The van der Waals surface area contributed by atoms with Crippen LogP contribution in [0.5, 0.6) is 5.75 Å². The number of H-pyrrole nitrogens is 1. The second-order valence-corrected chi connectivity index (χ2v) is 6.36. The Kier molecular flexibility index (Phi) is 4.33. The smallest absolute Gasteiger partial charge is 0.224 e. The quantitative estimate of drug-likeness (QED) is 0.750. The van der Waals surface area contributed by atoms with Crippen molar-refractivity contribution in [3.63, 3.8) is 0 Å². The van der Waals surface area contributed by atoms with E-state index in [-0.39, 0.29) is 18.1 Å². The van der Waals surface area contributed by atoms with Crippen LogP contribution in [0.2, 0.25) is 0 Å². The van der Waals surface area contributed by atoms with Gasteiger partial charge in [-0.3, -0.25) is 14.9 Å². The molecule has 1 aliphatic carbocycles. The van der Waals surface area contributed by atoms with Gasteiger partial charge in [0.25, 0.3) is 0 Å². The lowest BCUT2D eigenvalue weighted by atomic mass is 10.0. The van der Waals surface area contributed by atoms with E-state index in [1.165, 1.54) is 0 Å². The predicted molar refractivity (Wildman–Crippen MR) is 94.2 cm³/mol. The molecule has 128 valence electrons. The Morgan fingerprint density at radius 1 is 1.28 bits per heavy atom. The summed E-state index contributed by atoms with van der Waals surface area (Å²) in [7, 11) is 0. The molecule has 6 nitrogen and oxygen atoms in total. The first-order valence-electron chi connectivity index (χ1n) is 8.57. The number of hydrogen-bond donors (Lipinski definition) is 2. The zero-order valence-corrected chi connectivity index (χ0v) is 13.8. The first-order chi connectivity index (χ1) is 12.3. The largest absolute Gasteiger partial charge is 0.485 e. The van der Waals surface area contributed by atoms with Crippen molar-refractivity contribution in [3.8, 4) is 5.75 Å². The van der Waals surface area contributed by atoms with E-state index < -0.39 is 0 Å². The monoisotopic (exact) mass is 336 g/mol. The minimum absolute atomic E-state index is 0.00395. The summed E-state index contributed by atoms with van der Waals surface area (Å²) in [5.74, 6) is 0.732. The molecule has 1 amide bonds. The summed E-state index contributed by atoms with van der Waals surface area (Å²) in [5, 5.41) is 10.8. The molecule has 0 spiro atoms. The molecule has 0 radical (unpaired) electrons. The molecule has 0 saturated heterocycles. The standard InChI is InChI=1S/C19H20N4O2/c24-19(10-13-4-1-6-16-15(13)5-3-9-20-16)23-17-7-2-8-18(17)25-14-11-21-22-12-14/h1,3-6,9,11-12,17-18H,2,7-8,10H2,(H,21,22)(H,23,24)/t17-,18+/m1/s1. The van der Waals surface area contributed by atoms with Crippen molar-refractivity contribution < 1.29 is 9.53 Å². The van der Waals surface area contributed by atoms with Crippen LogP contribution in [0.4, 0.5) is 0 Å². The molecule has 1 fully saturated rings. The number of benzene rings is 1. The normalized spacial score (nSPS) is 19.8. The number of rotatable bonds is 5. The minimum Gasteiger partial charge on any atom is -0.485 e. The minimum atomic E-state index is -0.00395. The number of hydrogen-bond acceptors (Lipinski definition) is 4. The van der Waals surface area contributed by atoms with Crippen molar-refractivity contribution in [2.45, 2.75) is 37.8 Å². The van der Waals surface area contributed by atoms with Gasteiger partial charge in [0.1, 0.15) is 6.10 Å². The number of carbonyl (C=O) groups is 1. The summed E-state index contributed by atoms with van der Waals surface area (Å²) in [6, 6.07) is 9.83. The Bertz CT molecular complexity index is 858. The van der Waals surface area contributed by atoms with Crippen molar-refractivity contribution in [1.82, 2.24) is 20.5 Å². The molecule has 1 aliphatic rings. The van der Waals surface area contributed by atoms with Crippen LogP contribution < -0.4 is 10.1 Å². The zero-order valence-electron chi connectivity index (χ0n) is 13.8. The summed E-state index contributed by atoms with van der Waals surface area (Å²) in [6.07, 6.45) is 8.41. The third kappa shape index (κ3) is 3.47. The lowest BCUT2D eigenvalue weighted by Crippen LogP contribution is -2.43. The number of nitrogens with zero attached hydrogens (tertiary/aromatic N) is 2. The molecule has 25 heavy (non-hydrogen) atoms. The van der Waals surface area contributed by atoms with Crippen LogP contribution in [0, 0.1) is 0 Å². The third-order valence-corrected chi connectivity index (χ3v) is 4.65. The summed E-state index contributed by atoms with van der Waals surface area (Å²) in [4.78, 5) is 16.9. The second kappa shape index (κ2) is 6.93. The first kappa shape index (κ1) is 15.6. The van der Waals surface area contributed by atoms with Crippen molar-refractivity contribution in [2.24, 2.45) is 0 Å². The first-order valence-corrected chi connectivity index (χ1v) is 8.57. The number of amides is 1. The molecule has 1 saturated carbocycles. The maximum absolute atomic E-state index is 12.6. The maximum atomic E-state index is 12.6. The molecule has 2 atom stereocenters. The number of aromatic amines is 1. The molecular weight excluding hydrogens is 316 g/mol. The van der Waals surface area contributed by atoms with E-state index in [1.807, 2.05) is 30.3 Å². The highest BCUT2D eigenvalue weighted by Gasteiger charge is 2.30. The maximum Gasteiger partial charge on any atom is 0.224 e. The van der Waals surface area contributed by atoms with Gasteiger partial charge >= 0.3 is 0 Å². The number of carbonyl (C=O) groups excluding carboxylic acids is 1. The number of pyridine rings is 1. The van der Waals surface area contributed by atoms with E-state index in [9.17, 15) is 4.79 Å². The van der Waals surface area contributed by atoms with E-state index in [0.717, 1.165) is 35.7 Å². The second-order valence-electron chi connectivity index (χ2n) is 6.36. The number of fused-ring (bicyclic) bond motifs is 1. The third-order valence-electron chi connectivity index (χ3n) is 4.65. The summed E-state index contributed by atoms with van der Waals surface area (Å²) < 4.78 is 5.93. The van der Waals surface area contributed by atoms with Crippen LogP contribution in [0.15, 0.2) is 48.9 Å². The average Bonchev–Trinajstić information content (AvgIpc) is 3.28. The van der Waals surface area contributed by atoms with Crippen LogP contribution in [0.3, 0.4) is 0 Å². The fourth-order valence-corrected chi connectivity index (χ4v) is 3.46. The van der Waals surface area contributed by atoms with E-state index >= 15 is 0 Å². The Morgan fingerprint density at radius 2 is 2.24 bits per heavy atom.